The minimum Gasteiger partial charge on any atom is -0.486 e. The summed E-state index contributed by atoms with van der Waals surface area (Å²) in [7, 11) is 0. The summed E-state index contributed by atoms with van der Waals surface area (Å²) in [6, 6.07) is 11.5. The molecule has 3 atom stereocenters. The molecule has 2 aromatic heterocycles. The Bertz CT molecular complexity index is 1590. The zero-order chi connectivity index (χ0) is 32.2. The lowest BCUT2D eigenvalue weighted by atomic mass is 10.0. The molecule has 1 aromatic carbocycles. The number of halogens is 1. The standard InChI is InChI=1S/C33H39FN8O4/c1-3-22-15-25(17-37-32(22)41-12-10-40(11-13-41)26-19-45-20-26)38-30-6-8-36-31(39-30)23-4-5-28(24(14-23)16-35)46-29-7-9-42(18-27(29)34)33(44)21(2)43/h4-6,8,14-15,17,21,26-27,29,43H,3,7,9-13,18-20H2,1-2H3,(H,36,38,39)/t21-,27+,29-/m0/s1. The molecule has 12 nitrogen and oxygen atoms in total. The zero-order valence-electron chi connectivity index (χ0n) is 26.1. The van der Waals surface area contributed by atoms with Gasteiger partial charge in [-0.1, -0.05) is 6.92 Å². The summed E-state index contributed by atoms with van der Waals surface area (Å²) in [5, 5.41) is 22.7. The lowest BCUT2D eigenvalue weighted by Crippen LogP contribution is -2.56. The van der Waals surface area contributed by atoms with Crippen LogP contribution in [0, 0.1) is 11.3 Å². The monoisotopic (exact) mass is 630 g/mol. The molecule has 13 heteroatoms. The second-order valence-corrected chi connectivity index (χ2v) is 11.9. The van der Waals surface area contributed by atoms with Crippen LogP contribution in [0.1, 0.15) is 31.4 Å². The third kappa shape index (κ3) is 6.89. The highest BCUT2D eigenvalue weighted by Gasteiger charge is 2.34. The van der Waals surface area contributed by atoms with Crippen LogP contribution in [-0.4, -0.2) is 113 Å². The van der Waals surface area contributed by atoms with E-state index in [9.17, 15) is 19.6 Å². The number of pyridine rings is 1. The summed E-state index contributed by atoms with van der Waals surface area (Å²) < 4.78 is 26.2. The Morgan fingerprint density at radius 2 is 2.00 bits per heavy atom. The normalized spacial score (nSPS) is 21.3. The van der Waals surface area contributed by atoms with Crippen LogP contribution in [0.2, 0.25) is 0 Å². The molecule has 0 aliphatic carbocycles. The summed E-state index contributed by atoms with van der Waals surface area (Å²) in [6.45, 7) is 9.13. The van der Waals surface area contributed by atoms with Gasteiger partial charge in [0.2, 0.25) is 0 Å². The topological polar surface area (TPSA) is 140 Å². The van der Waals surface area contributed by atoms with Gasteiger partial charge in [-0.25, -0.2) is 19.3 Å². The first-order valence-electron chi connectivity index (χ1n) is 15.8. The molecule has 3 fully saturated rings. The molecule has 0 unspecified atom stereocenters. The fourth-order valence-electron chi connectivity index (χ4n) is 6.07. The van der Waals surface area contributed by atoms with Crippen LogP contribution in [0.15, 0.2) is 42.7 Å². The van der Waals surface area contributed by atoms with Gasteiger partial charge in [-0.2, -0.15) is 5.26 Å². The van der Waals surface area contributed by atoms with Crippen molar-refractivity contribution in [3.8, 4) is 23.2 Å². The number of hydrogen-bond donors (Lipinski definition) is 2. The van der Waals surface area contributed by atoms with Gasteiger partial charge >= 0.3 is 0 Å². The Labute approximate surface area is 267 Å². The Morgan fingerprint density at radius 3 is 2.67 bits per heavy atom. The van der Waals surface area contributed by atoms with E-state index in [0.717, 1.165) is 62.9 Å². The van der Waals surface area contributed by atoms with Crippen molar-refractivity contribution in [2.24, 2.45) is 0 Å². The largest absolute Gasteiger partial charge is 0.486 e. The minimum absolute atomic E-state index is 0.173. The Kier molecular flexibility index (Phi) is 9.58. The Morgan fingerprint density at radius 1 is 1.20 bits per heavy atom. The minimum atomic E-state index is -1.46. The maximum Gasteiger partial charge on any atom is 0.251 e. The van der Waals surface area contributed by atoms with Gasteiger partial charge < -0.3 is 29.7 Å². The number of aryl methyl sites for hydroxylation is 1. The van der Waals surface area contributed by atoms with Crippen LogP contribution >= 0.6 is 0 Å². The SMILES string of the molecule is CCc1cc(Nc2ccnc(-c3ccc(O[C@H]4CCN(C(=O)[C@H](C)O)C[C@H]4F)c(C#N)c3)n2)cnc1N1CCN(C2COC2)CC1. The van der Waals surface area contributed by atoms with E-state index in [1.807, 2.05) is 6.20 Å². The molecule has 0 radical (unpaired) electrons. The Hall–Kier alpha value is -4.38. The quantitative estimate of drug-likeness (QED) is 0.361. The molecule has 46 heavy (non-hydrogen) atoms. The van der Waals surface area contributed by atoms with Gasteiger partial charge in [-0.3, -0.25) is 9.69 Å². The van der Waals surface area contributed by atoms with Gasteiger partial charge in [-0.15, -0.1) is 0 Å². The van der Waals surface area contributed by atoms with E-state index in [0.29, 0.717) is 23.2 Å². The van der Waals surface area contributed by atoms with Crippen molar-refractivity contribution in [2.45, 2.75) is 51.1 Å². The number of amides is 1. The van der Waals surface area contributed by atoms with E-state index in [2.05, 4.69) is 44.1 Å². The highest BCUT2D eigenvalue weighted by Crippen LogP contribution is 2.30. The fourth-order valence-corrected chi connectivity index (χ4v) is 6.07. The molecular formula is C33H39FN8O4. The second kappa shape index (κ2) is 13.9. The lowest BCUT2D eigenvalue weighted by molar-refractivity contribution is -0.143. The number of alkyl halides is 1. The maximum absolute atomic E-state index is 14.9. The van der Waals surface area contributed by atoms with Gasteiger partial charge in [0.15, 0.2) is 12.0 Å². The summed E-state index contributed by atoms with van der Waals surface area (Å²) in [6.07, 6.45) is 1.09. The van der Waals surface area contributed by atoms with E-state index in [1.54, 1.807) is 30.5 Å². The first-order chi connectivity index (χ1) is 22.3. The number of nitrogens with zero attached hydrogens (tertiary/aromatic N) is 7. The summed E-state index contributed by atoms with van der Waals surface area (Å²) >= 11 is 0. The highest BCUT2D eigenvalue weighted by molar-refractivity contribution is 5.80. The molecule has 6 rings (SSSR count). The number of rotatable bonds is 9. The van der Waals surface area contributed by atoms with Crippen molar-refractivity contribution >= 4 is 23.2 Å². The molecule has 0 spiro atoms. The number of carbonyl (C=O) groups excluding carboxylic acids is 1. The molecule has 3 saturated heterocycles. The zero-order valence-corrected chi connectivity index (χ0v) is 26.1. The number of nitriles is 1. The van der Waals surface area contributed by atoms with Crippen molar-refractivity contribution in [3.63, 3.8) is 0 Å². The molecule has 3 aromatic rings. The van der Waals surface area contributed by atoms with E-state index >= 15 is 0 Å². The van der Waals surface area contributed by atoms with Crippen LogP contribution in [0.25, 0.3) is 11.4 Å². The number of aromatic nitrogens is 3. The first-order valence-corrected chi connectivity index (χ1v) is 15.8. The predicted molar refractivity (Wildman–Crippen MR) is 170 cm³/mol. The molecule has 5 heterocycles. The number of benzene rings is 1. The van der Waals surface area contributed by atoms with Gasteiger partial charge in [0.1, 0.15) is 35.7 Å². The van der Waals surface area contributed by atoms with Crippen LogP contribution in [0.4, 0.5) is 21.7 Å². The number of piperazine rings is 1. The summed E-state index contributed by atoms with van der Waals surface area (Å²) in [5.41, 5.74) is 2.81. The number of likely N-dealkylation sites (tertiary alicyclic amines) is 1. The van der Waals surface area contributed by atoms with Crippen LogP contribution in [0.3, 0.4) is 0 Å². The smallest absolute Gasteiger partial charge is 0.251 e. The number of piperidine rings is 1. The van der Waals surface area contributed by atoms with Crippen molar-refractivity contribution in [3.05, 3.63) is 53.9 Å². The van der Waals surface area contributed by atoms with E-state index in [1.165, 1.54) is 11.8 Å². The van der Waals surface area contributed by atoms with Crippen LogP contribution in [0.5, 0.6) is 5.75 Å². The molecule has 242 valence electrons. The maximum atomic E-state index is 14.9. The molecule has 0 saturated carbocycles. The molecule has 1 amide bonds. The average molecular weight is 631 g/mol. The number of nitrogens with one attached hydrogen (secondary N) is 1. The van der Waals surface area contributed by atoms with E-state index in [4.69, 9.17) is 14.5 Å². The third-order valence-electron chi connectivity index (χ3n) is 8.79. The van der Waals surface area contributed by atoms with Crippen molar-refractivity contribution in [1.82, 2.24) is 24.8 Å². The van der Waals surface area contributed by atoms with Crippen LogP contribution < -0.4 is 15.0 Å². The second-order valence-electron chi connectivity index (χ2n) is 11.9. The Balaban J connectivity index is 1.11. The molecule has 2 N–H and O–H groups in total. The molecule has 0 bridgehead atoms. The molecule has 3 aliphatic heterocycles. The van der Waals surface area contributed by atoms with Crippen molar-refractivity contribution in [2.75, 3.05) is 62.7 Å². The number of carbonyl (C=O) groups is 1. The van der Waals surface area contributed by atoms with Gasteiger partial charge in [0, 0.05) is 50.9 Å². The fraction of sp³-hybridized carbons (Fsp3) is 0.485. The highest BCUT2D eigenvalue weighted by atomic mass is 19.1. The molecular weight excluding hydrogens is 591 g/mol. The van der Waals surface area contributed by atoms with Gasteiger partial charge in [0.05, 0.1) is 43.2 Å². The average Bonchev–Trinajstić information content (AvgIpc) is 3.05. The predicted octanol–water partition coefficient (Wildman–Crippen LogP) is 2.94. The number of aliphatic hydroxyl groups is 1. The van der Waals surface area contributed by atoms with Gasteiger partial charge in [0.25, 0.3) is 5.91 Å². The number of hydrogen-bond acceptors (Lipinski definition) is 11. The van der Waals surface area contributed by atoms with E-state index in [-0.39, 0.29) is 30.8 Å². The van der Waals surface area contributed by atoms with E-state index < -0.39 is 24.3 Å². The lowest BCUT2D eigenvalue weighted by Gasteiger charge is -2.43. The third-order valence-corrected chi connectivity index (χ3v) is 8.79. The summed E-state index contributed by atoms with van der Waals surface area (Å²) in [5.74, 6) is 1.75. The summed E-state index contributed by atoms with van der Waals surface area (Å²) in [4.78, 5) is 32.1. The van der Waals surface area contributed by atoms with Gasteiger partial charge in [-0.05, 0) is 49.2 Å². The van der Waals surface area contributed by atoms with Crippen molar-refractivity contribution < 1.29 is 23.8 Å². The number of anilines is 3. The number of aliphatic hydroxyl groups excluding tert-OH is 1. The molecule has 3 aliphatic rings. The first kappa shape index (κ1) is 31.6. The van der Waals surface area contributed by atoms with Crippen LogP contribution in [-0.2, 0) is 16.0 Å². The van der Waals surface area contributed by atoms with Crippen molar-refractivity contribution in [1.29, 1.82) is 5.26 Å². The number of ether oxygens (including phenoxy) is 2.